The van der Waals surface area contributed by atoms with Gasteiger partial charge in [0.2, 0.25) is 0 Å². The maximum atomic E-state index is 12.9. The number of hydrogen-bond acceptors (Lipinski definition) is 3. The molecule has 0 saturated heterocycles. The summed E-state index contributed by atoms with van der Waals surface area (Å²) in [7, 11) is 0. The Morgan fingerprint density at radius 3 is 2.74 bits per heavy atom. The molecule has 0 aliphatic rings. The number of alkyl halides is 2. The first kappa shape index (κ1) is 18.8. The van der Waals surface area contributed by atoms with Crippen LogP contribution < -0.4 is 10.1 Å². The van der Waals surface area contributed by atoms with E-state index in [-0.39, 0.29) is 11.3 Å². The van der Waals surface area contributed by atoms with Crippen LogP contribution in [0.3, 0.4) is 0 Å². The molecule has 3 N–H and O–H groups in total. The molecule has 0 bridgehead atoms. The van der Waals surface area contributed by atoms with Crippen molar-refractivity contribution in [1.29, 1.82) is 0 Å². The zero-order valence-electron chi connectivity index (χ0n) is 16.0. The molecule has 2 aromatic heterocycles. The Balaban J connectivity index is 1.58. The van der Waals surface area contributed by atoms with E-state index >= 15 is 0 Å². The van der Waals surface area contributed by atoms with Crippen LogP contribution in [-0.4, -0.2) is 27.7 Å². The number of aromatic nitrogens is 3. The summed E-state index contributed by atoms with van der Waals surface area (Å²) in [6.45, 7) is -3.03. The van der Waals surface area contributed by atoms with E-state index in [1.54, 1.807) is 12.3 Å². The highest BCUT2D eigenvalue weighted by atomic mass is 19.3. The number of hydrogen-bond donors (Lipinski definition) is 3. The number of H-pyrrole nitrogens is 2. The molecule has 5 aromatic rings. The maximum Gasteiger partial charge on any atom is 0.387 e. The third-order valence-corrected chi connectivity index (χ3v) is 5.06. The van der Waals surface area contributed by atoms with Gasteiger partial charge in [0.15, 0.2) is 0 Å². The van der Waals surface area contributed by atoms with E-state index in [4.69, 9.17) is 0 Å². The predicted octanol–water partition coefficient (Wildman–Crippen LogP) is 5.56. The van der Waals surface area contributed by atoms with Crippen molar-refractivity contribution in [3.8, 4) is 16.9 Å². The molecule has 6 nitrogen and oxygen atoms in total. The molecule has 0 aliphatic carbocycles. The number of anilines is 1. The molecule has 0 fully saturated rings. The molecular weight excluding hydrogens is 402 g/mol. The molecule has 31 heavy (non-hydrogen) atoms. The second kappa shape index (κ2) is 7.56. The standard InChI is InChI=1S/C23H16F2N4O2/c24-23(25)31-21-7-2-1-4-16(21)22(30)28-19-10-13(11-20-17(19)12-27-29-20)14-5-3-6-18-15(14)8-9-26-18/h1-12,23,26H,(H,27,29)(H,28,30). The Labute approximate surface area is 174 Å². The van der Waals surface area contributed by atoms with Crippen LogP contribution in [0.25, 0.3) is 32.9 Å². The van der Waals surface area contributed by atoms with Crippen LogP contribution in [0.4, 0.5) is 14.5 Å². The molecule has 0 saturated carbocycles. The van der Waals surface area contributed by atoms with Gasteiger partial charge in [-0.2, -0.15) is 13.9 Å². The largest absolute Gasteiger partial charge is 0.434 e. The van der Waals surface area contributed by atoms with Crippen LogP contribution in [0.2, 0.25) is 0 Å². The van der Waals surface area contributed by atoms with Crippen molar-refractivity contribution in [3.05, 3.63) is 78.6 Å². The Bertz CT molecular complexity index is 1410. The van der Waals surface area contributed by atoms with Crippen molar-refractivity contribution >= 4 is 33.4 Å². The number of nitrogens with one attached hydrogen (secondary N) is 3. The van der Waals surface area contributed by atoms with Crippen molar-refractivity contribution in [1.82, 2.24) is 15.2 Å². The van der Waals surface area contributed by atoms with Crippen molar-refractivity contribution in [2.24, 2.45) is 0 Å². The summed E-state index contributed by atoms with van der Waals surface area (Å²) >= 11 is 0. The van der Waals surface area contributed by atoms with Crippen molar-refractivity contribution in [3.63, 3.8) is 0 Å². The number of carbonyl (C=O) groups is 1. The van der Waals surface area contributed by atoms with Crippen LogP contribution in [0.5, 0.6) is 5.75 Å². The van der Waals surface area contributed by atoms with Crippen LogP contribution in [0, 0.1) is 0 Å². The van der Waals surface area contributed by atoms with E-state index in [0.717, 1.165) is 27.5 Å². The van der Waals surface area contributed by atoms with Gasteiger partial charge in [-0.25, -0.2) is 0 Å². The average Bonchev–Trinajstić information content (AvgIpc) is 3.42. The van der Waals surface area contributed by atoms with Gasteiger partial charge in [-0.3, -0.25) is 9.89 Å². The first-order chi connectivity index (χ1) is 15.1. The molecule has 0 radical (unpaired) electrons. The van der Waals surface area contributed by atoms with Crippen molar-refractivity contribution in [2.45, 2.75) is 6.61 Å². The van der Waals surface area contributed by atoms with E-state index in [9.17, 15) is 13.6 Å². The van der Waals surface area contributed by atoms with Crippen molar-refractivity contribution in [2.75, 3.05) is 5.32 Å². The number of aromatic amines is 2. The van der Waals surface area contributed by atoms with Gasteiger partial charge in [0.05, 0.1) is 23.0 Å². The van der Waals surface area contributed by atoms with Gasteiger partial charge in [0, 0.05) is 22.5 Å². The molecule has 5 rings (SSSR count). The van der Waals surface area contributed by atoms with Crippen molar-refractivity contribution < 1.29 is 18.3 Å². The molecule has 0 unspecified atom stereocenters. The third kappa shape index (κ3) is 3.48. The number of ether oxygens (including phenoxy) is 1. The summed E-state index contributed by atoms with van der Waals surface area (Å²) in [6, 6.07) is 17.6. The van der Waals surface area contributed by atoms with Gasteiger partial charge in [-0.1, -0.05) is 24.3 Å². The molecule has 8 heteroatoms. The predicted molar refractivity (Wildman–Crippen MR) is 114 cm³/mol. The molecule has 0 aliphatic heterocycles. The molecule has 154 valence electrons. The molecule has 0 atom stereocenters. The normalized spacial score (nSPS) is 11.3. The molecule has 1 amide bonds. The van der Waals surface area contributed by atoms with Gasteiger partial charge in [-0.15, -0.1) is 0 Å². The average molecular weight is 418 g/mol. The lowest BCUT2D eigenvalue weighted by molar-refractivity contribution is -0.0501. The Morgan fingerprint density at radius 1 is 1.00 bits per heavy atom. The number of halogens is 2. The van der Waals surface area contributed by atoms with E-state index < -0.39 is 12.5 Å². The van der Waals surface area contributed by atoms with E-state index in [1.807, 2.05) is 42.6 Å². The Kier molecular flexibility index (Phi) is 4.59. The van der Waals surface area contributed by atoms with Gasteiger partial charge < -0.3 is 15.0 Å². The minimum absolute atomic E-state index is 0.0117. The molecule has 0 spiro atoms. The summed E-state index contributed by atoms with van der Waals surface area (Å²) in [4.78, 5) is 16.1. The number of nitrogens with zero attached hydrogens (tertiary/aromatic N) is 1. The van der Waals surface area contributed by atoms with Gasteiger partial charge in [-0.05, 0) is 47.5 Å². The van der Waals surface area contributed by atoms with Crippen LogP contribution in [-0.2, 0) is 0 Å². The topological polar surface area (TPSA) is 82.8 Å². The fourth-order valence-electron chi connectivity index (χ4n) is 3.69. The zero-order valence-corrected chi connectivity index (χ0v) is 16.0. The number of fused-ring (bicyclic) bond motifs is 2. The summed E-state index contributed by atoms with van der Waals surface area (Å²) in [6.07, 6.45) is 3.47. The summed E-state index contributed by atoms with van der Waals surface area (Å²) in [5.74, 6) is -0.748. The minimum atomic E-state index is -3.03. The summed E-state index contributed by atoms with van der Waals surface area (Å²) in [5.41, 5.74) is 4.09. The van der Waals surface area contributed by atoms with E-state index in [0.29, 0.717) is 11.1 Å². The van der Waals surface area contributed by atoms with Gasteiger partial charge in [0.25, 0.3) is 5.91 Å². The fourth-order valence-corrected chi connectivity index (χ4v) is 3.69. The van der Waals surface area contributed by atoms with Crippen LogP contribution in [0.1, 0.15) is 10.4 Å². The SMILES string of the molecule is O=C(Nc1cc(-c2cccc3[nH]ccc23)cc2[nH]ncc12)c1ccccc1OC(F)F. The zero-order chi connectivity index (χ0) is 21.4. The van der Waals surface area contributed by atoms with E-state index in [1.165, 1.54) is 18.2 Å². The number of rotatable bonds is 5. The Hall–Kier alpha value is -4.20. The number of carbonyl (C=O) groups excluding carboxylic acids is 1. The minimum Gasteiger partial charge on any atom is -0.434 e. The lowest BCUT2D eigenvalue weighted by Gasteiger charge is -2.13. The highest BCUT2D eigenvalue weighted by Crippen LogP contribution is 2.34. The summed E-state index contributed by atoms with van der Waals surface area (Å²) in [5, 5.41) is 11.6. The van der Waals surface area contributed by atoms with Gasteiger partial charge in [0.1, 0.15) is 5.75 Å². The van der Waals surface area contributed by atoms with Crippen LogP contribution in [0.15, 0.2) is 73.1 Å². The summed E-state index contributed by atoms with van der Waals surface area (Å²) < 4.78 is 30.0. The van der Waals surface area contributed by atoms with E-state index in [2.05, 4.69) is 25.2 Å². The second-order valence-corrected chi connectivity index (χ2v) is 6.93. The smallest absolute Gasteiger partial charge is 0.387 e. The monoisotopic (exact) mass is 418 g/mol. The quantitative estimate of drug-likeness (QED) is 0.349. The molecule has 2 heterocycles. The number of benzene rings is 3. The Morgan fingerprint density at radius 2 is 1.87 bits per heavy atom. The van der Waals surface area contributed by atoms with Gasteiger partial charge >= 0.3 is 6.61 Å². The highest BCUT2D eigenvalue weighted by Gasteiger charge is 2.18. The number of para-hydroxylation sites is 1. The van der Waals surface area contributed by atoms with Crippen LogP contribution >= 0.6 is 0 Å². The molecule has 3 aromatic carbocycles. The lowest BCUT2D eigenvalue weighted by Crippen LogP contribution is -2.15. The third-order valence-electron chi connectivity index (χ3n) is 5.06. The number of amides is 1. The lowest BCUT2D eigenvalue weighted by atomic mass is 9.99. The molecular formula is C23H16F2N4O2. The highest BCUT2D eigenvalue weighted by molar-refractivity contribution is 6.11. The first-order valence-electron chi connectivity index (χ1n) is 9.49. The first-order valence-corrected chi connectivity index (χ1v) is 9.49. The maximum absolute atomic E-state index is 12.9. The second-order valence-electron chi connectivity index (χ2n) is 6.93. The fraction of sp³-hybridized carbons (Fsp3) is 0.0435.